The van der Waals surface area contributed by atoms with E-state index in [1.165, 1.54) is 39.5 Å². The number of hydrogen-bond donors (Lipinski definition) is 1. The molecule has 1 aromatic carbocycles. The largest absolute Gasteiger partial charge is 0.307 e. The minimum Gasteiger partial charge on any atom is -0.307 e. The molecule has 0 aliphatic heterocycles. The normalized spacial score (nSPS) is 16.4. The SMILES string of the molecule is CCc1nc(C(NC)c2ccccc2C2CC2)sc1C. The summed E-state index contributed by atoms with van der Waals surface area (Å²) < 4.78 is 0. The number of rotatable bonds is 5. The number of nitrogens with one attached hydrogen (secondary N) is 1. The Morgan fingerprint density at radius 1 is 1.35 bits per heavy atom. The molecule has 1 atom stereocenters. The lowest BCUT2D eigenvalue weighted by molar-refractivity contribution is 0.675. The highest BCUT2D eigenvalue weighted by molar-refractivity contribution is 7.11. The fourth-order valence-electron chi connectivity index (χ4n) is 2.85. The molecule has 3 rings (SSSR count). The summed E-state index contributed by atoms with van der Waals surface area (Å²) in [6.45, 7) is 4.36. The van der Waals surface area contributed by atoms with Crippen molar-refractivity contribution >= 4 is 11.3 Å². The van der Waals surface area contributed by atoms with Gasteiger partial charge in [0.05, 0.1) is 11.7 Å². The van der Waals surface area contributed by atoms with Crippen LogP contribution in [0.2, 0.25) is 0 Å². The molecule has 2 aromatic rings. The van der Waals surface area contributed by atoms with Crippen LogP contribution in [0.5, 0.6) is 0 Å². The molecule has 0 saturated heterocycles. The quantitative estimate of drug-likeness (QED) is 0.891. The molecule has 0 bridgehead atoms. The molecule has 0 spiro atoms. The van der Waals surface area contributed by atoms with Crippen molar-refractivity contribution in [3.8, 4) is 0 Å². The van der Waals surface area contributed by atoms with Gasteiger partial charge >= 0.3 is 0 Å². The fraction of sp³-hybridized carbons (Fsp3) is 0.471. The molecule has 20 heavy (non-hydrogen) atoms. The van der Waals surface area contributed by atoms with E-state index in [1.54, 1.807) is 0 Å². The van der Waals surface area contributed by atoms with Crippen LogP contribution < -0.4 is 5.32 Å². The van der Waals surface area contributed by atoms with Crippen molar-refractivity contribution in [3.63, 3.8) is 0 Å². The van der Waals surface area contributed by atoms with E-state index in [4.69, 9.17) is 4.98 Å². The van der Waals surface area contributed by atoms with E-state index in [9.17, 15) is 0 Å². The van der Waals surface area contributed by atoms with E-state index >= 15 is 0 Å². The number of benzene rings is 1. The molecule has 3 heteroatoms. The predicted molar refractivity (Wildman–Crippen MR) is 85.5 cm³/mol. The van der Waals surface area contributed by atoms with Crippen molar-refractivity contribution in [1.29, 1.82) is 0 Å². The average Bonchev–Trinajstić information content (AvgIpc) is 3.24. The van der Waals surface area contributed by atoms with Crippen LogP contribution >= 0.6 is 11.3 Å². The number of aryl methyl sites for hydroxylation is 2. The third kappa shape index (κ3) is 2.52. The van der Waals surface area contributed by atoms with E-state index in [1.807, 2.05) is 18.4 Å². The molecule has 0 amide bonds. The lowest BCUT2D eigenvalue weighted by atomic mass is 9.97. The zero-order valence-electron chi connectivity index (χ0n) is 12.4. The fourth-order valence-corrected chi connectivity index (χ4v) is 3.99. The van der Waals surface area contributed by atoms with Crippen molar-refractivity contribution < 1.29 is 0 Å². The van der Waals surface area contributed by atoms with Crippen LogP contribution in [-0.2, 0) is 6.42 Å². The Hall–Kier alpha value is -1.19. The molecule has 1 saturated carbocycles. The van der Waals surface area contributed by atoms with Gasteiger partial charge in [0.25, 0.3) is 0 Å². The van der Waals surface area contributed by atoms with E-state index in [2.05, 4.69) is 43.4 Å². The first-order valence-corrected chi connectivity index (χ1v) is 8.28. The Balaban J connectivity index is 2.00. The second-order valence-electron chi connectivity index (χ2n) is 5.53. The van der Waals surface area contributed by atoms with Crippen LogP contribution in [0.1, 0.15) is 58.4 Å². The van der Waals surface area contributed by atoms with E-state index in [0.717, 1.165) is 12.3 Å². The van der Waals surface area contributed by atoms with E-state index in [0.29, 0.717) is 0 Å². The maximum absolute atomic E-state index is 4.85. The number of hydrogen-bond acceptors (Lipinski definition) is 3. The molecular weight excluding hydrogens is 264 g/mol. The van der Waals surface area contributed by atoms with Crippen LogP contribution in [0, 0.1) is 6.92 Å². The van der Waals surface area contributed by atoms with Crippen molar-refractivity contribution in [2.24, 2.45) is 0 Å². The zero-order valence-corrected chi connectivity index (χ0v) is 13.3. The molecule has 1 aliphatic rings. The first kappa shape index (κ1) is 13.8. The number of aromatic nitrogens is 1. The predicted octanol–water partition coefficient (Wildman–Crippen LogP) is 4.20. The van der Waals surface area contributed by atoms with Crippen molar-refractivity contribution in [3.05, 3.63) is 51.0 Å². The van der Waals surface area contributed by atoms with Gasteiger partial charge in [0, 0.05) is 4.88 Å². The molecular formula is C17H22N2S. The highest BCUT2D eigenvalue weighted by atomic mass is 32.1. The second kappa shape index (κ2) is 5.66. The van der Waals surface area contributed by atoms with Gasteiger partial charge in [-0.05, 0) is 50.3 Å². The van der Waals surface area contributed by atoms with Crippen molar-refractivity contribution in [2.45, 2.75) is 45.1 Å². The van der Waals surface area contributed by atoms with Gasteiger partial charge in [0.2, 0.25) is 0 Å². The summed E-state index contributed by atoms with van der Waals surface area (Å²) >= 11 is 1.83. The molecule has 0 radical (unpaired) electrons. The lowest BCUT2D eigenvalue weighted by Gasteiger charge is -2.18. The van der Waals surface area contributed by atoms with Crippen LogP contribution in [-0.4, -0.2) is 12.0 Å². The van der Waals surface area contributed by atoms with Gasteiger partial charge in [-0.3, -0.25) is 0 Å². The lowest BCUT2D eigenvalue weighted by Crippen LogP contribution is -2.19. The Kier molecular flexibility index (Phi) is 3.90. The smallest absolute Gasteiger partial charge is 0.115 e. The molecule has 1 fully saturated rings. The van der Waals surface area contributed by atoms with Gasteiger partial charge in [0.15, 0.2) is 0 Å². The van der Waals surface area contributed by atoms with Crippen molar-refractivity contribution in [2.75, 3.05) is 7.05 Å². The molecule has 106 valence electrons. The van der Waals surface area contributed by atoms with Gasteiger partial charge in [0.1, 0.15) is 5.01 Å². The average molecular weight is 286 g/mol. The van der Waals surface area contributed by atoms with Gasteiger partial charge in [-0.2, -0.15) is 0 Å². The third-order valence-electron chi connectivity index (χ3n) is 4.10. The van der Waals surface area contributed by atoms with Crippen LogP contribution in [0.3, 0.4) is 0 Å². The minimum atomic E-state index is 0.232. The molecule has 1 N–H and O–H groups in total. The summed E-state index contributed by atoms with van der Waals surface area (Å²) in [5.74, 6) is 0.772. The van der Waals surface area contributed by atoms with E-state index in [-0.39, 0.29) is 6.04 Å². The topological polar surface area (TPSA) is 24.9 Å². The maximum Gasteiger partial charge on any atom is 0.115 e. The number of nitrogens with zero attached hydrogens (tertiary/aromatic N) is 1. The molecule has 1 aromatic heterocycles. The highest BCUT2D eigenvalue weighted by Crippen LogP contribution is 2.44. The summed E-state index contributed by atoms with van der Waals surface area (Å²) in [5.41, 5.74) is 4.17. The second-order valence-corrected chi connectivity index (χ2v) is 6.77. The molecule has 2 nitrogen and oxygen atoms in total. The highest BCUT2D eigenvalue weighted by Gasteiger charge is 2.29. The molecule has 1 unspecified atom stereocenters. The van der Waals surface area contributed by atoms with E-state index < -0.39 is 0 Å². The Morgan fingerprint density at radius 2 is 2.10 bits per heavy atom. The Morgan fingerprint density at radius 3 is 2.70 bits per heavy atom. The molecule has 1 aliphatic carbocycles. The van der Waals surface area contributed by atoms with Gasteiger partial charge in [-0.15, -0.1) is 11.3 Å². The van der Waals surface area contributed by atoms with Gasteiger partial charge in [-0.1, -0.05) is 31.2 Å². The van der Waals surface area contributed by atoms with Crippen LogP contribution in [0.25, 0.3) is 0 Å². The zero-order chi connectivity index (χ0) is 14.1. The van der Waals surface area contributed by atoms with Gasteiger partial charge < -0.3 is 5.32 Å². The third-order valence-corrected chi connectivity index (χ3v) is 5.18. The molecule has 1 heterocycles. The summed E-state index contributed by atoms with van der Waals surface area (Å²) in [4.78, 5) is 6.21. The monoisotopic (exact) mass is 286 g/mol. The van der Waals surface area contributed by atoms with Gasteiger partial charge in [-0.25, -0.2) is 4.98 Å². The number of thiazole rings is 1. The van der Waals surface area contributed by atoms with Crippen LogP contribution in [0.4, 0.5) is 0 Å². The summed E-state index contributed by atoms with van der Waals surface area (Å²) in [6.07, 6.45) is 3.69. The Labute approximate surface area is 125 Å². The van der Waals surface area contributed by atoms with Crippen molar-refractivity contribution in [1.82, 2.24) is 10.3 Å². The summed E-state index contributed by atoms with van der Waals surface area (Å²) in [6, 6.07) is 9.09. The van der Waals surface area contributed by atoms with Crippen LogP contribution in [0.15, 0.2) is 24.3 Å². The summed E-state index contributed by atoms with van der Waals surface area (Å²) in [5, 5.41) is 4.67. The Bertz CT molecular complexity index is 599. The summed E-state index contributed by atoms with van der Waals surface area (Å²) in [7, 11) is 2.04. The maximum atomic E-state index is 4.85. The first-order chi connectivity index (χ1) is 9.74. The first-order valence-electron chi connectivity index (χ1n) is 7.46. The minimum absolute atomic E-state index is 0.232. The standard InChI is InChI=1S/C17H22N2S/c1-4-15-11(2)20-17(19-15)16(18-3)14-8-6-5-7-13(14)12-9-10-12/h5-8,12,16,18H,4,9-10H2,1-3H3.